The second-order valence-corrected chi connectivity index (χ2v) is 9.80. The van der Waals surface area contributed by atoms with Crippen molar-refractivity contribution >= 4 is 35.5 Å². The zero-order chi connectivity index (χ0) is 22.3. The monoisotopic (exact) mass is 440 g/mol. The molecule has 0 saturated carbocycles. The van der Waals surface area contributed by atoms with Crippen molar-refractivity contribution < 1.29 is 23.6 Å². The van der Waals surface area contributed by atoms with Crippen LogP contribution in [0.5, 0.6) is 0 Å². The van der Waals surface area contributed by atoms with Crippen molar-refractivity contribution in [2.24, 2.45) is 5.92 Å². The van der Waals surface area contributed by atoms with Crippen LogP contribution in [0.1, 0.15) is 46.3 Å². The Kier molecular flexibility index (Phi) is 8.57. The maximum atomic E-state index is 12.5. The Balaban J connectivity index is 1.65. The predicted octanol–water partition coefficient (Wildman–Crippen LogP) is 2.81. The lowest BCUT2D eigenvalue weighted by Crippen LogP contribution is -2.43. The molecule has 2 heterocycles. The molecule has 1 aromatic rings. The number of likely N-dealkylation sites (tertiary alicyclic amines) is 1. The highest BCUT2D eigenvalue weighted by atomic mass is 32.2. The molecule has 0 radical (unpaired) electrons. The summed E-state index contributed by atoms with van der Waals surface area (Å²) in [6, 6.07) is 1.64. The maximum absolute atomic E-state index is 12.5. The molecule has 1 unspecified atom stereocenters. The van der Waals surface area contributed by atoms with Crippen molar-refractivity contribution in [3.05, 3.63) is 11.8 Å². The van der Waals surface area contributed by atoms with Crippen LogP contribution in [-0.4, -0.2) is 64.2 Å². The van der Waals surface area contributed by atoms with E-state index in [0.717, 1.165) is 12.8 Å². The molecule has 3 amide bonds. The van der Waals surface area contributed by atoms with Gasteiger partial charge in [0.25, 0.3) is 0 Å². The van der Waals surface area contributed by atoms with Crippen molar-refractivity contribution in [1.82, 2.24) is 15.4 Å². The van der Waals surface area contributed by atoms with Crippen molar-refractivity contribution in [1.29, 1.82) is 0 Å². The van der Waals surface area contributed by atoms with Gasteiger partial charge in [-0.2, -0.15) is 0 Å². The first-order chi connectivity index (χ1) is 14.0. The molecule has 0 aromatic carbocycles. The number of amides is 3. The maximum Gasteiger partial charge on any atom is 0.407 e. The smallest absolute Gasteiger partial charge is 0.407 e. The predicted molar refractivity (Wildman–Crippen MR) is 115 cm³/mol. The standard InChI is InChI=1S/C20H32N4O5S/c1-13-10-16(23-29-13)22-18(26)14(2)30-12-17(25)24-8-6-15(7-9-24)11-21-19(27)28-20(3,4)5/h10,14-15H,6-9,11-12H2,1-5H3,(H,21,27)(H,22,23,26). The highest BCUT2D eigenvalue weighted by Crippen LogP contribution is 2.20. The molecule has 1 atom stereocenters. The van der Waals surface area contributed by atoms with E-state index >= 15 is 0 Å². The SMILES string of the molecule is Cc1cc(NC(=O)C(C)SCC(=O)N2CCC(CNC(=O)OC(C)(C)C)CC2)no1. The van der Waals surface area contributed by atoms with Crippen LogP contribution in [0.25, 0.3) is 0 Å². The number of nitrogens with zero attached hydrogens (tertiary/aromatic N) is 2. The minimum atomic E-state index is -0.514. The van der Waals surface area contributed by atoms with Crippen LogP contribution < -0.4 is 10.6 Å². The summed E-state index contributed by atoms with van der Waals surface area (Å²) in [5, 5.41) is 8.82. The van der Waals surface area contributed by atoms with Gasteiger partial charge >= 0.3 is 6.09 Å². The number of anilines is 1. The number of hydrogen-bond acceptors (Lipinski definition) is 7. The number of aromatic nitrogens is 1. The van der Waals surface area contributed by atoms with Crippen LogP contribution in [0, 0.1) is 12.8 Å². The van der Waals surface area contributed by atoms with Crippen LogP contribution in [0.15, 0.2) is 10.6 Å². The summed E-state index contributed by atoms with van der Waals surface area (Å²) in [7, 11) is 0. The molecule has 30 heavy (non-hydrogen) atoms. The number of carbonyl (C=O) groups is 3. The van der Waals surface area contributed by atoms with E-state index < -0.39 is 11.7 Å². The largest absolute Gasteiger partial charge is 0.444 e. The zero-order valence-electron chi connectivity index (χ0n) is 18.3. The van der Waals surface area contributed by atoms with Gasteiger partial charge in [-0.15, -0.1) is 11.8 Å². The molecule has 1 fully saturated rings. The van der Waals surface area contributed by atoms with Crippen LogP contribution >= 0.6 is 11.8 Å². The molecule has 0 spiro atoms. The van der Waals surface area contributed by atoms with E-state index in [4.69, 9.17) is 9.26 Å². The summed E-state index contributed by atoms with van der Waals surface area (Å²) >= 11 is 1.30. The van der Waals surface area contributed by atoms with E-state index in [9.17, 15) is 14.4 Å². The summed E-state index contributed by atoms with van der Waals surface area (Å²) < 4.78 is 10.2. The topological polar surface area (TPSA) is 114 Å². The lowest BCUT2D eigenvalue weighted by Gasteiger charge is -2.32. The van der Waals surface area contributed by atoms with Gasteiger partial charge in [0.1, 0.15) is 11.4 Å². The van der Waals surface area contributed by atoms with Crippen molar-refractivity contribution in [3.63, 3.8) is 0 Å². The number of ether oxygens (including phenoxy) is 1. The fraction of sp³-hybridized carbons (Fsp3) is 0.700. The molecular formula is C20H32N4O5S. The minimum absolute atomic E-state index is 0.0236. The molecule has 10 heteroatoms. The number of nitrogens with one attached hydrogen (secondary N) is 2. The van der Waals surface area contributed by atoms with Gasteiger partial charge in [-0.1, -0.05) is 5.16 Å². The second-order valence-electron chi connectivity index (χ2n) is 8.47. The molecular weight excluding hydrogens is 408 g/mol. The number of alkyl carbamates (subject to hydrolysis) is 1. The number of piperidine rings is 1. The Labute approximate surface area is 181 Å². The van der Waals surface area contributed by atoms with E-state index in [2.05, 4.69) is 15.8 Å². The molecule has 1 aliphatic rings. The van der Waals surface area contributed by atoms with E-state index in [1.807, 2.05) is 25.7 Å². The van der Waals surface area contributed by atoms with E-state index in [-0.39, 0.29) is 22.8 Å². The highest BCUT2D eigenvalue weighted by molar-refractivity contribution is 8.01. The Morgan fingerprint density at radius 3 is 2.57 bits per heavy atom. The molecule has 2 N–H and O–H groups in total. The number of aryl methyl sites for hydroxylation is 1. The van der Waals surface area contributed by atoms with Gasteiger partial charge in [-0.25, -0.2) is 4.79 Å². The van der Waals surface area contributed by atoms with Crippen LogP contribution in [0.4, 0.5) is 10.6 Å². The van der Waals surface area contributed by atoms with Gasteiger partial charge in [-0.3, -0.25) is 9.59 Å². The lowest BCUT2D eigenvalue weighted by atomic mass is 9.97. The lowest BCUT2D eigenvalue weighted by molar-refractivity contribution is -0.129. The van der Waals surface area contributed by atoms with Crippen LogP contribution in [-0.2, 0) is 14.3 Å². The van der Waals surface area contributed by atoms with Gasteiger partial charge < -0.3 is 24.8 Å². The molecule has 1 saturated heterocycles. The first-order valence-electron chi connectivity index (χ1n) is 10.1. The average molecular weight is 441 g/mol. The third-order valence-corrected chi connectivity index (χ3v) is 5.73. The first-order valence-corrected chi connectivity index (χ1v) is 11.2. The first kappa shape index (κ1) is 24.0. The summed E-state index contributed by atoms with van der Waals surface area (Å²) in [4.78, 5) is 38.2. The summed E-state index contributed by atoms with van der Waals surface area (Å²) in [5.41, 5.74) is -0.514. The Morgan fingerprint density at radius 1 is 1.33 bits per heavy atom. The Morgan fingerprint density at radius 2 is 2.00 bits per heavy atom. The third kappa shape index (κ3) is 8.25. The highest BCUT2D eigenvalue weighted by Gasteiger charge is 2.25. The van der Waals surface area contributed by atoms with Gasteiger partial charge in [0, 0.05) is 25.7 Å². The minimum Gasteiger partial charge on any atom is -0.444 e. The second kappa shape index (κ2) is 10.7. The fourth-order valence-corrected chi connectivity index (χ4v) is 3.73. The van der Waals surface area contributed by atoms with Gasteiger partial charge in [0.2, 0.25) is 11.8 Å². The van der Waals surface area contributed by atoms with Crippen molar-refractivity contribution in [3.8, 4) is 0 Å². The third-order valence-electron chi connectivity index (χ3n) is 4.61. The Bertz CT molecular complexity index is 738. The molecule has 168 valence electrons. The molecule has 1 aliphatic heterocycles. The molecule has 0 bridgehead atoms. The van der Waals surface area contributed by atoms with E-state index in [0.29, 0.717) is 37.1 Å². The molecule has 0 aliphatic carbocycles. The van der Waals surface area contributed by atoms with Crippen LogP contribution in [0.2, 0.25) is 0 Å². The molecule has 2 rings (SSSR count). The Hall–Kier alpha value is -2.23. The zero-order valence-corrected chi connectivity index (χ0v) is 19.1. The number of carbonyl (C=O) groups excluding carboxylic acids is 3. The number of hydrogen-bond donors (Lipinski definition) is 2. The summed E-state index contributed by atoms with van der Waals surface area (Å²) in [6.07, 6.45) is 1.24. The molecule has 1 aromatic heterocycles. The van der Waals surface area contributed by atoms with Gasteiger partial charge in [-0.05, 0) is 53.4 Å². The molecule has 9 nitrogen and oxygen atoms in total. The number of thioether (sulfide) groups is 1. The quantitative estimate of drug-likeness (QED) is 0.670. The van der Waals surface area contributed by atoms with Crippen LogP contribution in [0.3, 0.4) is 0 Å². The fourth-order valence-electron chi connectivity index (χ4n) is 2.94. The average Bonchev–Trinajstić information content (AvgIpc) is 3.07. The normalized spacial score (nSPS) is 16.1. The summed E-state index contributed by atoms with van der Waals surface area (Å²) in [5.74, 6) is 1.37. The summed E-state index contributed by atoms with van der Waals surface area (Å²) in [6.45, 7) is 10.8. The van der Waals surface area contributed by atoms with E-state index in [1.165, 1.54) is 11.8 Å². The van der Waals surface area contributed by atoms with Crippen molar-refractivity contribution in [2.45, 2.75) is 58.3 Å². The number of rotatable bonds is 7. The van der Waals surface area contributed by atoms with Gasteiger partial charge in [0.15, 0.2) is 5.82 Å². The van der Waals surface area contributed by atoms with Crippen molar-refractivity contribution in [2.75, 3.05) is 30.7 Å². The van der Waals surface area contributed by atoms with E-state index in [1.54, 1.807) is 19.9 Å². The van der Waals surface area contributed by atoms with Gasteiger partial charge in [0.05, 0.1) is 11.0 Å².